The van der Waals surface area contributed by atoms with Gasteiger partial charge >= 0.3 is 58.6 Å². The molecule has 0 aromatic heterocycles. The van der Waals surface area contributed by atoms with E-state index in [4.69, 9.17) is 14.4 Å². The number of rotatable bonds is 0. The molecule has 0 saturated carbocycles. The first-order valence-electron chi connectivity index (χ1n) is 0.651. The quantitative estimate of drug-likeness (QED) is 0.390. The van der Waals surface area contributed by atoms with E-state index in [9.17, 15) is 0 Å². The van der Waals surface area contributed by atoms with Crippen LogP contribution in [0, 0.1) is 0 Å². The second-order valence-electron chi connectivity index (χ2n) is 0.283. The van der Waals surface area contributed by atoms with Crippen molar-refractivity contribution in [3.8, 4) is 0 Å². The van der Waals surface area contributed by atoms with Crippen LogP contribution >= 0.6 is 8.25 Å². The largest absolute Gasteiger partial charge is 1.00 e. The molecule has 0 unspecified atom stereocenters. The van der Waals surface area contributed by atoms with Crippen LogP contribution in [0.3, 0.4) is 0 Å². The van der Waals surface area contributed by atoms with Crippen LogP contribution in [0.5, 0.6) is 0 Å². The summed E-state index contributed by atoms with van der Waals surface area (Å²) in [6.07, 6.45) is 0. The Hall–Kier alpha value is 1.72. The second-order valence-corrected chi connectivity index (χ2v) is 0.848. The summed E-state index contributed by atoms with van der Waals surface area (Å²) in [5, 5.41) is 0. The van der Waals surface area contributed by atoms with Gasteiger partial charge in [-0.25, -0.2) is 0 Å². The van der Waals surface area contributed by atoms with E-state index in [0.717, 1.165) is 0 Å². The molecule has 0 amide bonds. The minimum atomic E-state index is -3.13. The number of hydrogen-bond acceptors (Lipinski definition) is 1. The molecule has 3 nitrogen and oxygen atoms in total. The van der Waals surface area contributed by atoms with E-state index in [1.807, 2.05) is 0 Å². The summed E-state index contributed by atoms with van der Waals surface area (Å²) in [4.78, 5) is 14.3. The fourth-order valence-corrected chi connectivity index (χ4v) is 0. The minimum absolute atomic E-state index is 0. The first kappa shape index (κ1) is 9.87. The van der Waals surface area contributed by atoms with Crippen LogP contribution in [0.25, 0.3) is 0 Å². The van der Waals surface area contributed by atoms with Gasteiger partial charge in [-0.2, -0.15) is 0 Å². The summed E-state index contributed by atoms with van der Waals surface area (Å²) in [7, 11) is -3.13. The Kier molecular flexibility index (Phi) is 11.3. The molecule has 5 heteroatoms. The first-order chi connectivity index (χ1) is 1.73. The van der Waals surface area contributed by atoms with Gasteiger partial charge in [0.15, 0.2) is 0 Å². The molecule has 0 aromatic carbocycles. The van der Waals surface area contributed by atoms with Crippen molar-refractivity contribution < 1.29 is 15.8 Å². The van der Waals surface area contributed by atoms with E-state index in [0.29, 0.717) is 0 Å². The van der Waals surface area contributed by atoms with Gasteiger partial charge in [0.25, 0.3) is 0 Å². The zero-order chi connectivity index (χ0) is 3.58. The van der Waals surface area contributed by atoms with Crippen LogP contribution in [-0.2, 0) is 4.57 Å². The first-order valence-corrected chi connectivity index (χ1v) is 1.95. The summed E-state index contributed by atoms with van der Waals surface area (Å²) in [6, 6.07) is 0. The van der Waals surface area contributed by atoms with Crippen molar-refractivity contribution in [1.82, 2.24) is 0 Å². The monoisotopic (exact) mass is 223 g/mol. The van der Waals surface area contributed by atoms with Crippen LogP contribution in [0.15, 0.2) is 0 Å². The summed E-state index contributed by atoms with van der Waals surface area (Å²) < 4.78 is 8.74. The van der Waals surface area contributed by atoms with Gasteiger partial charge < -0.3 is 9.79 Å². The summed E-state index contributed by atoms with van der Waals surface area (Å²) in [5.41, 5.74) is 0. The molecule has 0 spiro atoms. The maximum atomic E-state index is 8.74. The zero-order valence-corrected chi connectivity index (χ0v) is 2.80. The number of hydrogen-bond donors (Lipinski definition) is 2. The molecule has 5 heavy (non-hydrogen) atoms. The molecule has 0 radical (unpaired) electrons. The van der Waals surface area contributed by atoms with Crippen molar-refractivity contribution in [1.29, 1.82) is 0 Å². The van der Waals surface area contributed by atoms with Crippen molar-refractivity contribution in [2.45, 2.75) is 0 Å². The van der Waals surface area contributed by atoms with Crippen molar-refractivity contribution in [2.75, 3.05) is 0 Å². The van der Waals surface area contributed by atoms with Gasteiger partial charge in [-0.1, -0.05) is 0 Å². The molecule has 0 fully saturated rings. The van der Waals surface area contributed by atoms with E-state index in [1.54, 1.807) is 0 Å². The predicted octanol–water partition coefficient (Wildman–Crippen LogP) is -1.44. The van der Waals surface area contributed by atoms with Crippen LogP contribution < -0.4 is 0 Å². The molecule has 30 valence electrons. The smallest absolute Gasteiger partial charge is 1.00 e. The molecule has 0 heterocycles. The maximum Gasteiger partial charge on any atom is 1.00 e. The van der Waals surface area contributed by atoms with Crippen LogP contribution in [0.1, 0.15) is 1.43 Å². The topological polar surface area (TPSA) is 57.5 Å². The average Bonchev–Trinajstić information content (AvgIpc) is 0.811. The van der Waals surface area contributed by atoms with Gasteiger partial charge in [0.1, 0.15) is 0 Å². The minimum Gasteiger partial charge on any atom is 1.00 e. The SMILES string of the molecule is O=[PH](O)O.[BaH2].[H+]. The van der Waals surface area contributed by atoms with E-state index in [-0.39, 0.29) is 50.3 Å². The third kappa shape index (κ3) is 26.7. The zero-order valence-electron chi connectivity index (χ0n) is 2.80. The second kappa shape index (κ2) is 5.72. The Bertz CT molecular complexity index is 33.8. The Morgan fingerprint density at radius 3 is 1.60 bits per heavy atom. The average molecular weight is 222 g/mol. The molecule has 0 aliphatic carbocycles. The summed E-state index contributed by atoms with van der Waals surface area (Å²) in [6.45, 7) is 0. The van der Waals surface area contributed by atoms with Crippen LogP contribution in [0.2, 0.25) is 0 Å². The fraction of sp³-hybridized carbons (Fsp3) is 0. The van der Waals surface area contributed by atoms with E-state index in [2.05, 4.69) is 0 Å². The van der Waals surface area contributed by atoms with Crippen molar-refractivity contribution >= 4 is 57.1 Å². The predicted molar refractivity (Wildman–Crippen MR) is 23.1 cm³/mol. The fourth-order valence-electron chi connectivity index (χ4n) is 0. The van der Waals surface area contributed by atoms with Crippen molar-refractivity contribution in [2.24, 2.45) is 0 Å². The van der Waals surface area contributed by atoms with Gasteiger partial charge in [0, 0.05) is 0 Å². The Labute approximate surface area is 71.9 Å². The van der Waals surface area contributed by atoms with Crippen LogP contribution in [-0.4, -0.2) is 58.7 Å². The summed E-state index contributed by atoms with van der Waals surface area (Å²) in [5.74, 6) is 0. The van der Waals surface area contributed by atoms with Gasteiger partial charge in [-0.3, -0.25) is 4.57 Å². The van der Waals surface area contributed by atoms with Gasteiger partial charge in [0.2, 0.25) is 0 Å². The molecule has 0 saturated heterocycles. The molecule has 0 bridgehead atoms. The molecular formula is H6BaO3P+. The molecule has 0 atom stereocenters. The maximum absolute atomic E-state index is 8.74. The molecular weight excluding hydrogens is 216 g/mol. The van der Waals surface area contributed by atoms with Crippen molar-refractivity contribution in [3.63, 3.8) is 0 Å². The third-order valence-corrected chi connectivity index (χ3v) is 0. The van der Waals surface area contributed by atoms with Crippen molar-refractivity contribution in [3.05, 3.63) is 0 Å². The Balaban J connectivity index is -0.0000000450. The molecule has 0 aliphatic rings. The molecule has 0 aromatic rings. The van der Waals surface area contributed by atoms with Gasteiger partial charge in [-0.05, 0) is 0 Å². The third-order valence-electron chi connectivity index (χ3n) is 0. The Morgan fingerprint density at radius 2 is 1.60 bits per heavy atom. The van der Waals surface area contributed by atoms with Gasteiger partial charge in [-0.15, -0.1) is 0 Å². The molecule has 0 rings (SSSR count). The van der Waals surface area contributed by atoms with Gasteiger partial charge in [0.05, 0.1) is 0 Å². The summed E-state index contributed by atoms with van der Waals surface area (Å²) >= 11 is 0. The van der Waals surface area contributed by atoms with E-state index >= 15 is 0 Å². The standard InChI is InChI=1S/Ba.H3O3P.2H/c;1-4(2)3;;/h;4H,(H2,1,2,3);;/p+1. The normalized spacial score (nSPS) is 7.00. The van der Waals surface area contributed by atoms with E-state index < -0.39 is 8.25 Å². The molecule has 0 aliphatic heterocycles. The van der Waals surface area contributed by atoms with Crippen LogP contribution in [0.4, 0.5) is 0 Å². The Morgan fingerprint density at radius 1 is 1.60 bits per heavy atom. The molecule has 2 N–H and O–H groups in total. The van der Waals surface area contributed by atoms with E-state index in [1.165, 1.54) is 0 Å².